The van der Waals surface area contributed by atoms with Gasteiger partial charge >= 0.3 is 0 Å². The quantitative estimate of drug-likeness (QED) is 0.842. The molecule has 4 nitrogen and oxygen atoms in total. The lowest BCUT2D eigenvalue weighted by Crippen LogP contribution is -2.49. The van der Waals surface area contributed by atoms with Crippen LogP contribution in [-0.2, 0) is 4.79 Å². The standard InChI is InChI=1S/C15H28N2O2/c1-12(2)17(13-6-4-3-5-7-13)15(19)11-16-9-8-14(18)10-16/h12-14,18H,3-11H2,1-2H3/t14-/m0/s1. The van der Waals surface area contributed by atoms with Gasteiger partial charge in [-0.25, -0.2) is 0 Å². The number of rotatable bonds is 4. The minimum atomic E-state index is -0.241. The summed E-state index contributed by atoms with van der Waals surface area (Å²) in [5.41, 5.74) is 0. The van der Waals surface area contributed by atoms with Gasteiger partial charge in [-0.15, -0.1) is 0 Å². The Morgan fingerprint density at radius 2 is 1.95 bits per heavy atom. The molecule has 1 atom stereocenters. The fourth-order valence-electron chi connectivity index (χ4n) is 3.50. The Kier molecular flexibility index (Phi) is 5.22. The normalized spacial score (nSPS) is 26.0. The molecule has 1 aliphatic heterocycles. The van der Waals surface area contributed by atoms with Crippen LogP contribution < -0.4 is 0 Å². The van der Waals surface area contributed by atoms with E-state index in [4.69, 9.17) is 0 Å². The monoisotopic (exact) mass is 268 g/mol. The van der Waals surface area contributed by atoms with Crippen molar-refractivity contribution in [3.8, 4) is 0 Å². The van der Waals surface area contributed by atoms with Crippen molar-refractivity contribution >= 4 is 5.91 Å². The van der Waals surface area contributed by atoms with Crippen LogP contribution in [0.2, 0.25) is 0 Å². The van der Waals surface area contributed by atoms with E-state index in [1.807, 2.05) is 0 Å². The fraction of sp³-hybridized carbons (Fsp3) is 0.933. The molecule has 0 bridgehead atoms. The van der Waals surface area contributed by atoms with Gasteiger partial charge in [-0.3, -0.25) is 9.69 Å². The van der Waals surface area contributed by atoms with Gasteiger partial charge in [-0.1, -0.05) is 19.3 Å². The number of aliphatic hydroxyl groups excluding tert-OH is 1. The summed E-state index contributed by atoms with van der Waals surface area (Å²) in [4.78, 5) is 16.7. The summed E-state index contributed by atoms with van der Waals surface area (Å²) >= 11 is 0. The maximum Gasteiger partial charge on any atom is 0.237 e. The molecule has 0 aromatic carbocycles. The summed E-state index contributed by atoms with van der Waals surface area (Å²) in [6, 6.07) is 0.719. The molecule has 2 fully saturated rings. The Balaban J connectivity index is 1.92. The minimum Gasteiger partial charge on any atom is -0.392 e. The van der Waals surface area contributed by atoms with E-state index in [1.54, 1.807) is 0 Å². The van der Waals surface area contributed by atoms with Crippen LogP contribution in [0.4, 0.5) is 0 Å². The molecule has 2 rings (SSSR count). The van der Waals surface area contributed by atoms with Crippen molar-refractivity contribution in [2.75, 3.05) is 19.6 Å². The number of hydrogen-bond donors (Lipinski definition) is 1. The van der Waals surface area contributed by atoms with Crippen molar-refractivity contribution in [3.63, 3.8) is 0 Å². The van der Waals surface area contributed by atoms with Crippen LogP contribution in [0, 0.1) is 0 Å². The lowest BCUT2D eigenvalue weighted by atomic mass is 9.93. The van der Waals surface area contributed by atoms with E-state index in [9.17, 15) is 9.90 Å². The number of aliphatic hydroxyl groups is 1. The smallest absolute Gasteiger partial charge is 0.237 e. The number of β-amino-alcohol motifs (C(OH)–C–C–N with tert-alkyl or cyclic N) is 1. The van der Waals surface area contributed by atoms with Gasteiger partial charge in [0.25, 0.3) is 0 Å². The molecule has 0 unspecified atom stereocenters. The first-order valence-electron chi connectivity index (χ1n) is 7.79. The van der Waals surface area contributed by atoms with Crippen LogP contribution in [0.15, 0.2) is 0 Å². The summed E-state index contributed by atoms with van der Waals surface area (Å²) in [6.07, 6.45) is 6.70. The second kappa shape index (κ2) is 6.71. The molecule has 1 amide bonds. The molecule has 1 heterocycles. The molecule has 1 saturated carbocycles. The highest BCUT2D eigenvalue weighted by molar-refractivity contribution is 5.79. The highest BCUT2D eigenvalue weighted by Gasteiger charge is 2.30. The number of nitrogens with zero attached hydrogens (tertiary/aromatic N) is 2. The van der Waals surface area contributed by atoms with Gasteiger partial charge in [-0.2, -0.15) is 0 Å². The highest BCUT2D eigenvalue weighted by atomic mass is 16.3. The molecule has 1 N–H and O–H groups in total. The van der Waals surface area contributed by atoms with E-state index >= 15 is 0 Å². The molecule has 4 heteroatoms. The van der Waals surface area contributed by atoms with Crippen LogP contribution >= 0.6 is 0 Å². The first kappa shape index (κ1) is 14.8. The molecule has 19 heavy (non-hydrogen) atoms. The number of carbonyl (C=O) groups excluding carboxylic acids is 1. The van der Waals surface area contributed by atoms with Crippen molar-refractivity contribution in [2.45, 2.75) is 70.6 Å². The molecule has 0 spiro atoms. The Morgan fingerprint density at radius 1 is 1.26 bits per heavy atom. The summed E-state index contributed by atoms with van der Waals surface area (Å²) in [7, 11) is 0. The van der Waals surface area contributed by atoms with E-state index in [1.165, 1.54) is 19.3 Å². The second-order valence-electron chi connectivity index (χ2n) is 6.36. The van der Waals surface area contributed by atoms with E-state index in [0.29, 0.717) is 19.1 Å². The zero-order chi connectivity index (χ0) is 13.8. The van der Waals surface area contributed by atoms with Gasteiger partial charge < -0.3 is 10.0 Å². The third-order valence-corrected chi connectivity index (χ3v) is 4.42. The minimum absolute atomic E-state index is 0.241. The first-order chi connectivity index (χ1) is 9.08. The summed E-state index contributed by atoms with van der Waals surface area (Å²) < 4.78 is 0. The molecule has 110 valence electrons. The number of hydrogen-bond acceptors (Lipinski definition) is 3. The van der Waals surface area contributed by atoms with Crippen molar-refractivity contribution in [3.05, 3.63) is 0 Å². The SMILES string of the molecule is CC(C)N(C(=O)CN1CC[C@H](O)C1)C1CCCCC1. The van der Waals surface area contributed by atoms with E-state index in [-0.39, 0.29) is 18.1 Å². The van der Waals surface area contributed by atoms with Crippen molar-refractivity contribution in [2.24, 2.45) is 0 Å². The molecular weight excluding hydrogens is 240 g/mol. The van der Waals surface area contributed by atoms with E-state index in [2.05, 4.69) is 23.6 Å². The Bertz CT molecular complexity index is 301. The lowest BCUT2D eigenvalue weighted by Gasteiger charge is -2.38. The third-order valence-electron chi connectivity index (χ3n) is 4.42. The maximum absolute atomic E-state index is 12.5. The predicted molar refractivity (Wildman–Crippen MR) is 75.9 cm³/mol. The van der Waals surface area contributed by atoms with Gasteiger partial charge in [0.1, 0.15) is 0 Å². The molecule has 0 aromatic heterocycles. The summed E-state index contributed by atoms with van der Waals surface area (Å²) in [6.45, 7) is 6.22. The predicted octanol–water partition coefficient (Wildman–Crippen LogP) is 1.62. The number of likely N-dealkylation sites (tertiary alicyclic amines) is 1. The number of carbonyl (C=O) groups is 1. The molecule has 1 aliphatic carbocycles. The second-order valence-corrected chi connectivity index (χ2v) is 6.36. The summed E-state index contributed by atoms with van der Waals surface area (Å²) in [5, 5.41) is 9.54. The first-order valence-corrected chi connectivity index (χ1v) is 7.79. The molecule has 1 saturated heterocycles. The van der Waals surface area contributed by atoms with Crippen molar-refractivity contribution < 1.29 is 9.90 Å². The Labute approximate surface area is 116 Å². The van der Waals surface area contributed by atoms with Crippen LogP contribution in [0.5, 0.6) is 0 Å². The zero-order valence-corrected chi connectivity index (χ0v) is 12.3. The number of amides is 1. The van der Waals surface area contributed by atoms with Gasteiger partial charge in [-0.05, 0) is 33.1 Å². The van der Waals surface area contributed by atoms with Gasteiger partial charge in [0.2, 0.25) is 5.91 Å². The Morgan fingerprint density at radius 3 is 2.47 bits per heavy atom. The zero-order valence-electron chi connectivity index (χ0n) is 12.3. The third kappa shape index (κ3) is 3.93. The molecule has 0 radical (unpaired) electrons. The van der Waals surface area contributed by atoms with Gasteiger partial charge in [0, 0.05) is 25.2 Å². The fourth-order valence-corrected chi connectivity index (χ4v) is 3.50. The van der Waals surface area contributed by atoms with Crippen LogP contribution in [0.1, 0.15) is 52.4 Å². The molecular formula is C15H28N2O2. The van der Waals surface area contributed by atoms with Crippen LogP contribution in [0.25, 0.3) is 0 Å². The average molecular weight is 268 g/mol. The van der Waals surface area contributed by atoms with Crippen LogP contribution in [0.3, 0.4) is 0 Å². The summed E-state index contributed by atoms with van der Waals surface area (Å²) in [5.74, 6) is 0.246. The Hall–Kier alpha value is -0.610. The van der Waals surface area contributed by atoms with E-state index < -0.39 is 0 Å². The van der Waals surface area contributed by atoms with Crippen molar-refractivity contribution in [1.82, 2.24) is 9.80 Å². The maximum atomic E-state index is 12.5. The van der Waals surface area contributed by atoms with Crippen molar-refractivity contribution in [1.29, 1.82) is 0 Å². The largest absolute Gasteiger partial charge is 0.392 e. The highest BCUT2D eigenvalue weighted by Crippen LogP contribution is 2.24. The van der Waals surface area contributed by atoms with E-state index in [0.717, 1.165) is 25.8 Å². The average Bonchev–Trinajstić information content (AvgIpc) is 2.75. The molecule has 2 aliphatic rings. The topological polar surface area (TPSA) is 43.8 Å². The van der Waals surface area contributed by atoms with Gasteiger partial charge in [0.05, 0.1) is 12.6 Å². The lowest BCUT2D eigenvalue weighted by molar-refractivity contribution is -0.137. The van der Waals surface area contributed by atoms with Gasteiger partial charge in [0.15, 0.2) is 0 Å². The molecule has 0 aromatic rings. The van der Waals surface area contributed by atoms with Crippen LogP contribution in [-0.4, -0.2) is 58.6 Å².